The highest BCUT2D eigenvalue weighted by atomic mass is 79.9. The number of hydrogen-bond acceptors (Lipinski definition) is 4. The molecule has 4 aliphatic rings. The summed E-state index contributed by atoms with van der Waals surface area (Å²) in [4.78, 5) is 2.50. The summed E-state index contributed by atoms with van der Waals surface area (Å²) in [6.45, 7) is 16.1. The molecule has 7 heteroatoms. The van der Waals surface area contributed by atoms with Crippen molar-refractivity contribution in [1.82, 2.24) is 10.2 Å². The molecular formula is C42H51BrF2N2O2. The molecule has 4 aromatic rings. The predicted octanol–water partition coefficient (Wildman–Crippen LogP) is 8.98. The molecule has 0 spiro atoms. The number of aryl methyl sites for hydroxylation is 2. The van der Waals surface area contributed by atoms with Gasteiger partial charge in [-0.3, -0.25) is 4.90 Å². The van der Waals surface area contributed by atoms with Gasteiger partial charge >= 0.3 is 0 Å². The van der Waals surface area contributed by atoms with Crippen LogP contribution in [0.25, 0.3) is 0 Å². The highest BCUT2D eigenvalue weighted by Crippen LogP contribution is 2.63. The summed E-state index contributed by atoms with van der Waals surface area (Å²) in [5.41, 5.74) is 6.64. The van der Waals surface area contributed by atoms with Gasteiger partial charge in [0.2, 0.25) is 0 Å². The van der Waals surface area contributed by atoms with Crippen LogP contribution in [0.5, 0.6) is 11.5 Å². The third kappa shape index (κ3) is 8.05. The van der Waals surface area contributed by atoms with Gasteiger partial charge in [-0.05, 0) is 110 Å². The second-order valence-corrected chi connectivity index (χ2v) is 15.2. The van der Waals surface area contributed by atoms with Crippen molar-refractivity contribution in [3.05, 3.63) is 131 Å². The number of hydrogen-bond donors (Lipinski definition) is 1. The van der Waals surface area contributed by atoms with Crippen molar-refractivity contribution in [2.45, 2.75) is 38.5 Å². The summed E-state index contributed by atoms with van der Waals surface area (Å²) < 4.78 is 36.1. The first-order valence-electron chi connectivity index (χ1n) is 17.5. The van der Waals surface area contributed by atoms with E-state index in [1.54, 1.807) is 29.8 Å². The minimum atomic E-state index is -0.240. The molecule has 4 nitrogen and oxygen atoms in total. The Morgan fingerprint density at radius 3 is 1.59 bits per heavy atom. The van der Waals surface area contributed by atoms with Crippen LogP contribution in [-0.2, 0) is 10.8 Å². The van der Waals surface area contributed by atoms with Crippen LogP contribution in [0.4, 0.5) is 8.78 Å². The fourth-order valence-corrected chi connectivity index (χ4v) is 8.44. The second kappa shape index (κ2) is 15.3. The van der Waals surface area contributed by atoms with Gasteiger partial charge in [0.15, 0.2) is 0 Å². The number of ether oxygens (including phenoxy) is 2. The van der Waals surface area contributed by atoms with Crippen molar-refractivity contribution >= 4 is 15.9 Å². The van der Waals surface area contributed by atoms with E-state index in [1.165, 1.54) is 54.0 Å². The molecule has 2 aliphatic carbocycles. The molecule has 0 bridgehead atoms. The molecule has 2 aliphatic heterocycles. The Hall–Kier alpha value is -3.26. The molecule has 2 saturated carbocycles. The molecule has 1 N–H and O–H groups in total. The first-order valence-corrected chi connectivity index (χ1v) is 18.6. The first-order chi connectivity index (χ1) is 23.6. The molecule has 262 valence electrons. The van der Waals surface area contributed by atoms with Crippen LogP contribution in [0, 0.1) is 49.2 Å². The van der Waals surface area contributed by atoms with Crippen LogP contribution in [-0.4, -0.2) is 56.2 Å². The van der Waals surface area contributed by atoms with Gasteiger partial charge in [-0.1, -0.05) is 89.4 Å². The molecule has 2 saturated heterocycles. The van der Waals surface area contributed by atoms with E-state index in [9.17, 15) is 8.78 Å². The molecule has 4 atom stereocenters. The lowest BCUT2D eigenvalue weighted by Crippen LogP contribution is -2.32. The van der Waals surface area contributed by atoms with Crippen LogP contribution in [0.3, 0.4) is 0 Å². The number of rotatable bonds is 9. The van der Waals surface area contributed by atoms with E-state index in [2.05, 4.69) is 102 Å². The number of nitrogens with zero attached hydrogens (tertiary/aromatic N) is 1. The Bertz CT molecular complexity index is 1670. The van der Waals surface area contributed by atoms with E-state index in [1.807, 2.05) is 0 Å². The van der Waals surface area contributed by atoms with Crippen molar-refractivity contribution < 1.29 is 19.7 Å². The summed E-state index contributed by atoms with van der Waals surface area (Å²) in [7, 11) is 0. The molecule has 2 heterocycles. The number of benzene rings is 4. The maximum atomic E-state index is 12.9. The maximum absolute atomic E-state index is 12.9. The zero-order valence-electron chi connectivity index (χ0n) is 29.1. The van der Waals surface area contributed by atoms with Gasteiger partial charge < -0.3 is 14.8 Å². The van der Waals surface area contributed by atoms with E-state index >= 15 is 0 Å². The van der Waals surface area contributed by atoms with Gasteiger partial charge in [0, 0.05) is 37.2 Å². The number of likely N-dealkylation sites (tertiary alicyclic amines) is 1. The van der Waals surface area contributed by atoms with Crippen LogP contribution in [0.2, 0.25) is 0 Å². The Kier molecular flexibility index (Phi) is 11.1. The summed E-state index contributed by atoms with van der Waals surface area (Å²) in [5, 5.41) is 4.24. The van der Waals surface area contributed by atoms with Crippen molar-refractivity contribution in [3.63, 3.8) is 0 Å². The van der Waals surface area contributed by atoms with Gasteiger partial charge in [0.05, 0.1) is 6.61 Å². The number of fused-ring (bicyclic) bond motifs is 2. The molecule has 4 aromatic carbocycles. The standard InChI is InChI=1S/C21H24FNO.C13H17N.C8H8BrFO.H2/c1-15-4-3-5-16(12-15)21(2)19-13-23(14-20(19)21)10-11-24-18-8-6-17(22)7-9-18;1-9-4-3-5-10(6-9)13(2)11-7-14-8-12(11)13;9-5-6-11-8-3-1-7(10)2-4-8;/h3-9,12,19-20H,10-11,13-14H2,1-2H3;3-6,11-12,14H,7-8H2,1-2H3;1-4H,5-6H2;1H. The molecule has 4 unspecified atom stereocenters. The van der Waals surface area contributed by atoms with Crippen LogP contribution >= 0.6 is 15.9 Å². The number of halogens is 3. The van der Waals surface area contributed by atoms with Crippen LogP contribution in [0.15, 0.2) is 97.1 Å². The van der Waals surface area contributed by atoms with Gasteiger partial charge in [-0.2, -0.15) is 0 Å². The van der Waals surface area contributed by atoms with Crippen LogP contribution in [0.1, 0.15) is 37.5 Å². The third-order valence-corrected chi connectivity index (χ3v) is 11.7. The molecule has 8 rings (SSSR count). The van der Waals surface area contributed by atoms with Gasteiger partial charge in [-0.15, -0.1) is 0 Å². The zero-order valence-corrected chi connectivity index (χ0v) is 30.7. The van der Waals surface area contributed by atoms with Crippen LogP contribution < -0.4 is 14.8 Å². The Morgan fingerprint density at radius 1 is 0.694 bits per heavy atom. The highest BCUT2D eigenvalue weighted by Gasteiger charge is 2.65. The number of alkyl halides is 1. The van der Waals surface area contributed by atoms with Gasteiger partial charge in [0.25, 0.3) is 0 Å². The summed E-state index contributed by atoms with van der Waals surface area (Å²) in [5.74, 6) is 4.30. The summed E-state index contributed by atoms with van der Waals surface area (Å²) >= 11 is 3.22. The average molecular weight is 734 g/mol. The summed E-state index contributed by atoms with van der Waals surface area (Å²) in [6.07, 6.45) is 0. The number of nitrogens with one attached hydrogen (secondary N) is 1. The average Bonchev–Trinajstić information content (AvgIpc) is 3.57. The fourth-order valence-electron chi connectivity index (χ4n) is 8.27. The van der Waals surface area contributed by atoms with Crippen molar-refractivity contribution in [1.29, 1.82) is 0 Å². The normalized spacial score (nSPS) is 27.5. The maximum Gasteiger partial charge on any atom is 0.123 e. The summed E-state index contributed by atoms with van der Waals surface area (Å²) in [6, 6.07) is 30.2. The van der Waals surface area contributed by atoms with Gasteiger partial charge in [0.1, 0.15) is 29.7 Å². The Balaban J connectivity index is 0.000000159. The third-order valence-electron chi connectivity index (χ3n) is 11.4. The highest BCUT2D eigenvalue weighted by molar-refractivity contribution is 9.09. The lowest BCUT2D eigenvalue weighted by Gasteiger charge is -2.24. The topological polar surface area (TPSA) is 33.7 Å². The lowest BCUT2D eigenvalue weighted by molar-refractivity contribution is 0.212. The quantitative estimate of drug-likeness (QED) is 0.174. The SMILES string of the molecule is Cc1cccc(C2(C)C3CN(CCOc4ccc(F)cc4)CC32)c1.Cc1cccc(C2(C)C3CNCC32)c1.Fc1ccc(OCCBr)cc1.[HH]. The Labute approximate surface area is 300 Å². The van der Waals surface area contributed by atoms with Crippen molar-refractivity contribution in [2.24, 2.45) is 23.7 Å². The molecule has 49 heavy (non-hydrogen) atoms. The molecule has 0 aromatic heterocycles. The van der Waals surface area contributed by atoms with Gasteiger partial charge in [-0.25, -0.2) is 8.78 Å². The largest absolute Gasteiger partial charge is 0.493 e. The Morgan fingerprint density at radius 2 is 1.14 bits per heavy atom. The molecule has 0 radical (unpaired) electrons. The lowest BCUT2D eigenvalue weighted by atomic mass is 9.91. The van der Waals surface area contributed by atoms with E-state index in [0.717, 1.165) is 54.4 Å². The molecular weight excluding hydrogens is 682 g/mol. The molecule has 0 amide bonds. The zero-order chi connectivity index (χ0) is 34.6. The minimum absolute atomic E-state index is 0. The van der Waals surface area contributed by atoms with E-state index in [0.29, 0.717) is 29.8 Å². The van der Waals surface area contributed by atoms with E-state index in [4.69, 9.17) is 9.47 Å². The molecule has 4 fully saturated rings. The number of piperidine rings is 2. The van der Waals surface area contributed by atoms with Crippen molar-refractivity contribution in [3.8, 4) is 11.5 Å². The fraction of sp³-hybridized carbons (Fsp3) is 0.429. The van der Waals surface area contributed by atoms with Crippen molar-refractivity contribution in [2.75, 3.05) is 51.3 Å². The second-order valence-electron chi connectivity index (χ2n) is 14.4. The van der Waals surface area contributed by atoms with E-state index < -0.39 is 0 Å². The first kappa shape index (κ1) is 35.6. The predicted molar refractivity (Wildman–Crippen MR) is 200 cm³/mol. The van der Waals surface area contributed by atoms with E-state index in [-0.39, 0.29) is 13.1 Å². The minimum Gasteiger partial charge on any atom is -0.493 e. The smallest absolute Gasteiger partial charge is 0.123 e. The monoisotopic (exact) mass is 732 g/mol.